The lowest BCUT2D eigenvalue weighted by molar-refractivity contribution is 0.322. The Hall–Kier alpha value is -1.90. The quantitative estimate of drug-likeness (QED) is 0.358. The number of hydrogen-bond donors (Lipinski definition) is 2. The van der Waals surface area contributed by atoms with Crippen molar-refractivity contribution in [1.29, 1.82) is 0 Å². The number of halogens is 2. The molecule has 1 aliphatic carbocycles. The van der Waals surface area contributed by atoms with Gasteiger partial charge in [-0.3, -0.25) is 4.99 Å². The second kappa shape index (κ2) is 9.87. The average Bonchev–Trinajstić information content (AvgIpc) is 3.44. The average molecular weight is 484 g/mol. The molecule has 2 aromatic rings. The number of nitrogens with one attached hydrogen (secondary N) is 2. The van der Waals surface area contributed by atoms with Gasteiger partial charge in [0.25, 0.3) is 0 Å². The van der Waals surface area contributed by atoms with Gasteiger partial charge < -0.3 is 15.4 Å². The van der Waals surface area contributed by atoms with Crippen molar-refractivity contribution in [3.8, 4) is 5.88 Å². The Morgan fingerprint density at radius 2 is 2.07 bits per heavy atom. The van der Waals surface area contributed by atoms with Crippen molar-refractivity contribution >= 4 is 29.9 Å². The SMILES string of the molecule is CCOc1ncccc1CNC(=NC)NCC1(c2cccc(F)c2)CC1.I. The van der Waals surface area contributed by atoms with Gasteiger partial charge in [-0.1, -0.05) is 18.2 Å². The Morgan fingerprint density at radius 3 is 2.74 bits per heavy atom. The molecule has 0 bridgehead atoms. The maximum Gasteiger partial charge on any atom is 0.218 e. The molecule has 27 heavy (non-hydrogen) atoms. The molecule has 1 saturated carbocycles. The van der Waals surface area contributed by atoms with Gasteiger partial charge in [-0.2, -0.15) is 0 Å². The third-order valence-corrected chi connectivity index (χ3v) is 4.69. The van der Waals surface area contributed by atoms with Crippen LogP contribution in [0.25, 0.3) is 0 Å². The van der Waals surface area contributed by atoms with Gasteiger partial charge >= 0.3 is 0 Å². The molecule has 1 aliphatic rings. The molecule has 1 aromatic carbocycles. The molecule has 0 aliphatic heterocycles. The van der Waals surface area contributed by atoms with Crippen LogP contribution in [-0.2, 0) is 12.0 Å². The summed E-state index contributed by atoms with van der Waals surface area (Å²) in [5, 5.41) is 6.66. The molecule has 1 heterocycles. The predicted octanol–water partition coefficient (Wildman–Crippen LogP) is 3.63. The highest BCUT2D eigenvalue weighted by atomic mass is 127. The highest BCUT2D eigenvalue weighted by Crippen LogP contribution is 2.47. The number of guanidine groups is 1. The third kappa shape index (κ3) is 5.54. The zero-order valence-electron chi connectivity index (χ0n) is 15.7. The Bertz CT molecular complexity index is 780. The van der Waals surface area contributed by atoms with Gasteiger partial charge in [0.05, 0.1) is 6.61 Å². The van der Waals surface area contributed by atoms with Crippen LogP contribution in [0.5, 0.6) is 5.88 Å². The maximum absolute atomic E-state index is 13.5. The summed E-state index contributed by atoms with van der Waals surface area (Å²) in [5.74, 6) is 1.16. The molecule has 146 valence electrons. The van der Waals surface area contributed by atoms with E-state index in [4.69, 9.17) is 4.74 Å². The fourth-order valence-corrected chi connectivity index (χ4v) is 3.01. The Morgan fingerprint density at radius 1 is 1.26 bits per heavy atom. The normalized spacial score (nSPS) is 14.9. The Kier molecular flexibility index (Phi) is 7.82. The van der Waals surface area contributed by atoms with Gasteiger partial charge in [-0.05, 0) is 43.5 Å². The van der Waals surface area contributed by atoms with Gasteiger partial charge in [-0.15, -0.1) is 24.0 Å². The molecular formula is C20H26FIN4O. The predicted molar refractivity (Wildman–Crippen MR) is 116 cm³/mol. The van der Waals surface area contributed by atoms with Crippen LogP contribution in [0.2, 0.25) is 0 Å². The van der Waals surface area contributed by atoms with Crippen LogP contribution in [-0.4, -0.2) is 31.1 Å². The smallest absolute Gasteiger partial charge is 0.218 e. The molecule has 5 nitrogen and oxygen atoms in total. The van der Waals surface area contributed by atoms with E-state index in [-0.39, 0.29) is 35.2 Å². The zero-order valence-corrected chi connectivity index (χ0v) is 18.0. The molecular weight excluding hydrogens is 458 g/mol. The second-order valence-corrected chi connectivity index (χ2v) is 6.47. The van der Waals surface area contributed by atoms with E-state index in [9.17, 15) is 4.39 Å². The summed E-state index contributed by atoms with van der Waals surface area (Å²) in [7, 11) is 1.74. The minimum atomic E-state index is -0.184. The van der Waals surface area contributed by atoms with Gasteiger partial charge in [0.15, 0.2) is 5.96 Å². The molecule has 2 N–H and O–H groups in total. The molecule has 0 spiro atoms. The monoisotopic (exact) mass is 484 g/mol. The van der Waals surface area contributed by atoms with Crippen molar-refractivity contribution < 1.29 is 9.13 Å². The topological polar surface area (TPSA) is 58.5 Å². The lowest BCUT2D eigenvalue weighted by Crippen LogP contribution is -2.41. The van der Waals surface area contributed by atoms with Crippen molar-refractivity contribution in [2.45, 2.75) is 31.7 Å². The lowest BCUT2D eigenvalue weighted by Gasteiger charge is -2.19. The third-order valence-electron chi connectivity index (χ3n) is 4.69. The minimum Gasteiger partial charge on any atom is -0.478 e. The van der Waals surface area contributed by atoms with Gasteiger partial charge in [0, 0.05) is 37.3 Å². The summed E-state index contributed by atoms with van der Waals surface area (Å²) in [6.07, 6.45) is 3.83. The highest BCUT2D eigenvalue weighted by Gasteiger charge is 2.44. The molecule has 0 saturated heterocycles. The van der Waals surface area contributed by atoms with Crippen molar-refractivity contribution in [2.75, 3.05) is 20.2 Å². The number of rotatable bonds is 7. The number of aromatic nitrogens is 1. The van der Waals surface area contributed by atoms with Crippen LogP contribution in [0, 0.1) is 5.82 Å². The summed E-state index contributed by atoms with van der Waals surface area (Å²) in [4.78, 5) is 8.54. The molecule has 1 fully saturated rings. The van der Waals surface area contributed by atoms with Gasteiger partial charge in [0.1, 0.15) is 5.82 Å². The van der Waals surface area contributed by atoms with Gasteiger partial charge in [-0.25, -0.2) is 9.37 Å². The fraction of sp³-hybridized carbons (Fsp3) is 0.400. The number of ether oxygens (including phenoxy) is 1. The summed E-state index contributed by atoms with van der Waals surface area (Å²) in [6, 6.07) is 10.8. The van der Waals surface area contributed by atoms with Gasteiger partial charge in [0.2, 0.25) is 5.88 Å². The number of nitrogens with zero attached hydrogens (tertiary/aromatic N) is 2. The Labute approximate surface area is 176 Å². The molecule has 3 rings (SSSR count). The number of aliphatic imine (C=N–C) groups is 1. The van der Waals surface area contributed by atoms with Crippen LogP contribution in [0.4, 0.5) is 4.39 Å². The first-order chi connectivity index (χ1) is 12.7. The highest BCUT2D eigenvalue weighted by molar-refractivity contribution is 14.0. The van der Waals surface area contributed by atoms with Crippen molar-refractivity contribution in [2.24, 2.45) is 4.99 Å². The van der Waals surface area contributed by atoms with E-state index in [2.05, 4.69) is 20.6 Å². The summed E-state index contributed by atoms with van der Waals surface area (Å²) < 4.78 is 19.1. The minimum absolute atomic E-state index is 0. The summed E-state index contributed by atoms with van der Waals surface area (Å²) >= 11 is 0. The van der Waals surface area contributed by atoms with Crippen molar-refractivity contribution in [1.82, 2.24) is 15.6 Å². The van der Waals surface area contributed by atoms with Crippen molar-refractivity contribution in [3.63, 3.8) is 0 Å². The first-order valence-corrected chi connectivity index (χ1v) is 8.94. The number of pyridine rings is 1. The number of benzene rings is 1. The first-order valence-electron chi connectivity index (χ1n) is 8.94. The van der Waals surface area contributed by atoms with E-state index in [1.807, 2.05) is 25.1 Å². The maximum atomic E-state index is 13.5. The first kappa shape index (κ1) is 21.4. The lowest BCUT2D eigenvalue weighted by atomic mass is 9.96. The largest absolute Gasteiger partial charge is 0.478 e. The van der Waals surface area contributed by atoms with E-state index in [1.54, 1.807) is 25.4 Å². The molecule has 7 heteroatoms. The molecule has 0 unspecified atom stereocenters. The van der Waals surface area contributed by atoms with Crippen LogP contribution >= 0.6 is 24.0 Å². The van der Waals surface area contributed by atoms with E-state index in [0.717, 1.165) is 30.5 Å². The van der Waals surface area contributed by atoms with E-state index >= 15 is 0 Å². The molecule has 0 atom stereocenters. The van der Waals surface area contributed by atoms with E-state index in [1.165, 1.54) is 6.07 Å². The standard InChI is InChI=1S/C20H25FN4O.HI/c1-3-26-18-15(6-5-11-23-18)13-24-19(22-2)25-14-20(9-10-20)16-7-4-8-17(21)12-16;/h4-8,11-12H,3,9-10,13-14H2,1-2H3,(H2,22,24,25);1H. The fourth-order valence-electron chi connectivity index (χ4n) is 3.01. The molecule has 1 aromatic heterocycles. The Balaban J connectivity index is 0.00000261. The molecule has 0 amide bonds. The number of hydrogen-bond acceptors (Lipinski definition) is 3. The summed E-state index contributed by atoms with van der Waals surface area (Å²) in [6.45, 7) is 3.80. The van der Waals surface area contributed by atoms with Crippen LogP contribution in [0.3, 0.4) is 0 Å². The van der Waals surface area contributed by atoms with E-state index < -0.39 is 0 Å². The van der Waals surface area contributed by atoms with Crippen LogP contribution < -0.4 is 15.4 Å². The van der Waals surface area contributed by atoms with E-state index in [0.29, 0.717) is 25.0 Å². The second-order valence-electron chi connectivity index (χ2n) is 6.47. The summed E-state index contributed by atoms with van der Waals surface area (Å²) in [5.41, 5.74) is 2.03. The zero-order chi connectivity index (χ0) is 18.4. The molecule has 0 radical (unpaired) electrons. The van der Waals surface area contributed by atoms with Crippen LogP contribution in [0.1, 0.15) is 30.9 Å². The van der Waals surface area contributed by atoms with Crippen molar-refractivity contribution in [3.05, 3.63) is 59.5 Å². The van der Waals surface area contributed by atoms with Crippen LogP contribution in [0.15, 0.2) is 47.6 Å².